The molecule has 1 N–H and O–H groups in total. The molecule has 5 heteroatoms. The molecule has 82 valence electrons. The smallest absolute Gasteiger partial charge is 0.307 e. The second-order valence-corrected chi connectivity index (χ2v) is 3.68. The van der Waals surface area contributed by atoms with Crippen molar-refractivity contribution in [3.8, 4) is 11.5 Å². The molecule has 0 amide bonds. The third-order valence-corrected chi connectivity index (χ3v) is 2.64. The van der Waals surface area contributed by atoms with Gasteiger partial charge in [-0.2, -0.15) is 0 Å². The van der Waals surface area contributed by atoms with Crippen LogP contribution >= 0.6 is 15.9 Å². The van der Waals surface area contributed by atoms with Crippen molar-refractivity contribution in [2.75, 3.05) is 14.2 Å². The molecule has 4 nitrogen and oxygen atoms in total. The molecule has 0 bridgehead atoms. The van der Waals surface area contributed by atoms with Crippen molar-refractivity contribution in [3.63, 3.8) is 0 Å². The molecule has 15 heavy (non-hydrogen) atoms. The van der Waals surface area contributed by atoms with Crippen molar-refractivity contribution < 1.29 is 19.4 Å². The topological polar surface area (TPSA) is 55.8 Å². The van der Waals surface area contributed by atoms with Gasteiger partial charge in [0.1, 0.15) is 16.0 Å². The van der Waals surface area contributed by atoms with E-state index < -0.39 is 5.97 Å². The number of carboxylic acids is 1. The average Bonchev–Trinajstić information content (AvgIpc) is 2.19. The zero-order valence-corrected chi connectivity index (χ0v) is 10.00. The predicted molar refractivity (Wildman–Crippen MR) is 58.6 cm³/mol. The highest BCUT2D eigenvalue weighted by molar-refractivity contribution is 9.10. The minimum absolute atomic E-state index is 0.0556. The molecule has 1 aromatic carbocycles. The third-order valence-electron chi connectivity index (χ3n) is 1.86. The number of rotatable bonds is 4. The number of methoxy groups -OCH3 is 2. The summed E-state index contributed by atoms with van der Waals surface area (Å²) in [6, 6.07) is 3.33. The van der Waals surface area contributed by atoms with Gasteiger partial charge in [-0.3, -0.25) is 4.79 Å². The number of hydrogen-bond donors (Lipinski definition) is 1. The van der Waals surface area contributed by atoms with E-state index in [4.69, 9.17) is 14.6 Å². The lowest BCUT2D eigenvalue weighted by molar-refractivity contribution is -0.136. The van der Waals surface area contributed by atoms with Gasteiger partial charge >= 0.3 is 5.97 Å². The van der Waals surface area contributed by atoms with Gasteiger partial charge in [-0.25, -0.2) is 0 Å². The summed E-state index contributed by atoms with van der Waals surface area (Å²) in [4.78, 5) is 10.6. The zero-order chi connectivity index (χ0) is 11.4. The molecule has 0 heterocycles. The van der Waals surface area contributed by atoms with Gasteiger partial charge in [-0.15, -0.1) is 0 Å². The van der Waals surface area contributed by atoms with Crippen LogP contribution in [0.5, 0.6) is 11.5 Å². The van der Waals surface area contributed by atoms with Gasteiger partial charge in [0.05, 0.1) is 20.6 Å². The fraction of sp³-hybridized carbons (Fsp3) is 0.300. The van der Waals surface area contributed by atoms with Crippen LogP contribution in [0.15, 0.2) is 16.6 Å². The molecule has 0 spiro atoms. The highest BCUT2D eigenvalue weighted by atomic mass is 79.9. The first-order valence-electron chi connectivity index (χ1n) is 4.20. The Labute approximate surface area is 95.9 Å². The van der Waals surface area contributed by atoms with Crippen molar-refractivity contribution in [3.05, 3.63) is 22.2 Å². The lowest BCUT2D eigenvalue weighted by atomic mass is 10.1. The van der Waals surface area contributed by atoms with E-state index >= 15 is 0 Å². The summed E-state index contributed by atoms with van der Waals surface area (Å²) in [6.45, 7) is 0. The van der Waals surface area contributed by atoms with Gasteiger partial charge in [-0.1, -0.05) is 0 Å². The molecule has 0 saturated carbocycles. The first kappa shape index (κ1) is 11.8. The summed E-state index contributed by atoms with van der Waals surface area (Å²) >= 11 is 3.30. The first-order chi connectivity index (χ1) is 7.08. The van der Waals surface area contributed by atoms with Gasteiger partial charge in [0.2, 0.25) is 0 Å². The molecule has 0 aromatic heterocycles. The summed E-state index contributed by atoms with van der Waals surface area (Å²) in [5, 5.41) is 8.67. The maximum atomic E-state index is 10.6. The molecule has 1 rings (SSSR count). The Bertz CT molecular complexity index is 351. The third kappa shape index (κ3) is 2.86. The summed E-state index contributed by atoms with van der Waals surface area (Å²) in [5.41, 5.74) is 0.638. The van der Waals surface area contributed by atoms with Gasteiger partial charge < -0.3 is 14.6 Å². The van der Waals surface area contributed by atoms with Gasteiger partial charge in [0.25, 0.3) is 0 Å². The Morgan fingerprint density at radius 3 is 2.13 bits per heavy atom. The van der Waals surface area contributed by atoms with Crippen molar-refractivity contribution in [1.82, 2.24) is 0 Å². The zero-order valence-electron chi connectivity index (χ0n) is 8.41. The highest BCUT2D eigenvalue weighted by Gasteiger charge is 2.11. The number of halogens is 1. The first-order valence-corrected chi connectivity index (χ1v) is 5.00. The number of benzene rings is 1. The summed E-state index contributed by atoms with van der Waals surface area (Å²) < 4.78 is 10.9. The van der Waals surface area contributed by atoms with Crippen LogP contribution in [0, 0.1) is 0 Å². The fourth-order valence-corrected chi connectivity index (χ4v) is 1.75. The lowest BCUT2D eigenvalue weighted by Crippen LogP contribution is -2.01. The lowest BCUT2D eigenvalue weighted by Gasteiger charge is -2.10. The Kier molecular flexibility index (Phi) is 3.96. The van der Waals surface area contributed by atoms with E-state index in [1.165, 1.54) is 14.2 Å². The summed E-state index contributed by atoms with van der Waals surface area (Å²) in [5.74, 6) is 0.234. The minimum atomic E-state index is -0.888. The molecule has 0 fully saturated rings. The fourth-order valence-electron chi connectivity index (χ4n) is 1.20. The number of hydrogen-bond acceptors (Lipinski definition) is 3. The molecule has 0 unspecified atom stereocenters. The molecule has 1 aromatic rings. The van der Waals surface area contributed by atoms with Gasteiger partial charge in [-0.05, 0) is 33.6 Å². The molecular weight excluding hydrogens is 264 g/mol. The molecule has 0 atom stereocenters. The molecule has 0 saturated heterocycles. The normalized spacial score (nSPS) is 9.80. The van der Waals surface area contributed by atoms with Crippen LogP contribution in [0.1, 0.15) is 5.56 Å². The standard InChI is InChI=1S/C10H11BrO4/c1-14-7-3-6(5-9(12)13)4-8(15-2)10(7)11/h3-4H,5H2,1-2H3,(H,12,13). The van der Waals surface area contributed by atoms with Crippen LogP contribution in [0.4, 0.5) is 0 Å². The van der Waals surface area contributed by atoms with Crippen LogP contribution in [0.3, 0.4) is 0 Å². The maximum Gasteiger partial charge on any atom is 0.307 e. The van der Waals surface area contributed by atoms with Crippen molar-refractivity contribution in [1.29, 1.82) is 0 Å². The SMILES string of the molecule is COc1cc(CC(=O)O)cc(OC)c1Br. The number of aliphatic carboxylic acids is 1. The Morgan fingerprint density at radius 2 is 1.80 bits per heavy atom. The Morgan fingerprint density at radius 1 is 1.33 bits per heavy atom. The van der Waals surface area contributed by atoms with E-state index in [0.29, 0.717) is 21.5 Å². The Hall–Kier alpha value is -1.23. The number of ether oxygens (including phenoxy) is 2. The molecule has 0 radical (unpaired) electrons. The van der Waals surface area contributed by atoms with E-state index in [2.05, 4.69) is 15.9 Å². The highest BCUT2D eigenvalue weighted by Crippen LogP contribution is 2.35. The molecular formula is C10H11BrO4. The van der Waals surface area contributed by atoms with Crippen LogP contribution in [0.2, 0.25) is 0 Å². The van der Waals surface area contributed by atoms with Crippen molar-refractivity contribution >= 4 is 21.9 Å². The van der Waals surface area contributed by atoms with Crippen LogP contribution in [0.25, 0.3) is 0 Å². The van der Waals surface area contributed by atoms with Crippen molar-refractivity contribution in [2.24, 2.45) is 0 Å². The minimum Gasteiger partial charge on any atom is -0.495 e. The monoisotopic (exact) mass is 274 g/mol. The second kappa shape index (κ2) is 5.02. The van der Waals surface area contributed by atoms with Crippen LogP contribution in [-0.4, -0.2) is 25.3 Å². The largest absolute Gasteiger partial charge is 0.495 e. The van der Waals surface area contributed by atoms with Crippen LogP contribution in [-0.2, 0) is 11.2 Å². The number of carbonyl (C=O) groups is 1. The maximum absolute atomic E-state index is 10.6. The van der Waals surface area contributed by atoms with Crippen molar-refractivity contribution in [2.45, 2.75) is 6.42 Å². The van der Waals surface area contributed by atoms with E-state index in [1.54, 1.807) is 12.1 Å². The van der Waals surface area contributed by atoms with Gasteiger partial charge in [0.15, 0.2) is 0 Å². The van der Waals surface area contributed by atoms with E-state index in [-0.39, 0.29) is 6.42 Å². The van der Waals surface area contributed by atoms with E-state index in [0.717, 1.165) is 0 Å². The number of carboxylic acid groups (broad SMARTS) is 1. The van der Waals surface area contributed by atoms with Gasteiger partial charge in [0, 0.05) is 0 Å². The van der Waals surface area contributed by atoms with Crippen LogP contribution < -0.4 is 9.47 Å². The Balaban J connectivity index is 3.14. The average molecular weight is 275 g/mol. The molecule has 0 aliphatic carbocycles. The molecule has 0 aliphatic rings. The molecule has 0 aliphatic heterocycles. The quantitative estimate of drug-likeness (QED) is 0.914. The summed E-state index contributed by atoms with van der Waals surface area (Å²) in [6.07, 6.45) is -0.0556. The van der Waals surface area contributed by atoms with E-state index in [1.807, 2.05) is 0 Å². The van der Waals surface area contributed by atoms with E-state index in [9.17, 15) is 4.79 Å². The second-order valence-electron chi connectivity index (χ2n) is 2.88. The predicted octanol–water partition coefficient (Wildman–Crippen LogP) is 2.09. The summed E-state index contributed by atoms with van der Waals surface area (Å²) in [7, 11) is 3.04.